The molecule has 1 aliphatic rings. The van der Waals surface area contributed by atoms with Gasteiger partial charge < -0.3 is 16.2 Å². The van der Waals surface area contributed by atoms with Crippen LogP contribution in [-0.4, -0.2) is 50.2 Å². The lowest BCUT2D eigenvalue weighted by Gasteiger charge is -2.25. The summed E-state index contributed by atoms with van der Waals surface area (Å²) in [5.74, 6) is 0.289. The molecule has 1 fully saturated rings. The van der Waals surface area contributed by atoms with E-state index in [2.05, 4.69) is 4.90 Å². The van der Waals surface area contributed by atoms with Gasteiger partial charge in [0.1, 0.15) is 0 Å². The molecule has 0 saturated carbocycles. The summed E-state index contributed by atoms with van der Waals surface area (Å²) >= 11 is 0. The molecule has 5 heteroatoms. The second-order valence-corrected chi connectivity index (χ2v) is 4.16. The van der Waals surface area contributed by atoms with Gasteiger partial charge in [0.15, 0.2) is 0 Å². The number of likely N-dealkylation sites (tertiary alicyclic amines) is 1. The summed E-state index contributed by atoms with van der Waals surface area (Å²) in [4.78, 5) is 13.1. The van der Waals surface area contributed by atoms with Crippen molar-refractivity contribution in [1.82, 2.24) is 4.90 Å². The molecular weight excluding hydrogens is 194 g/mol. The van der Waals surface area contributed by atoms with Crippen molar-refractivity contribution in [2.45, 2.75) is 18.9 Å². The van der Waals surface area contributed by atoms with Gasteiger partial charge in [0.05, 0.1) is 6.61 Å². The Balaban J connectivity index is 2.39. The van der Waals surface area contributed by atoms with E-state index < -0.39 is 0 Å². The van der Waals surface area contributed by atoms with Crippen LogP contribution in [0.4, 0.5) is 0 Å². The SMILES string of the molecule is COCC1CCN(C(CN)CC(N)=O)C1. The lowest BCUT2D eigenvalue weighted by Crippen LogP contribution is -2.42. The molecule has 0 bridgehead atoms. The summed E-state index contributed by atoms with van der Waals surface area (Å²) in [5.41, 5.74) is 10.8. The Kier molecular flexibility index (Phi) is 5.01. The molecule has 0 aliphatic carbocycles. The van der Waals surface area contributed by atoms with Crippen molar-refractivity contribution in [3.05, 3.63) is 0 Å². The third-order valence-corrected chi connectivity index (χ3v) is 2.94. The summed E-state index contributed by atoms with van der Waals surface area (Å²) in [6.07, 6.45) is 1.47. The standard InChI is InChI=1S/C10H21N3O2/c1-15-7-8-2-3-13(6-8)9(5-11)4-10(12)14/h8-9H,2-7,11H2,1H3,(H2,12,14). The first-order valence-corrected chi connectivity index (χ1v) is 5.38. The average molecular weight is 215 g/mol. The number of nitrogens with zero attached hydrogens (tertiary/aromatic N) is 1. The van der Waals surface area contributed by atoms with Gasteiger partial charge in [0, 0.05) is 32.7 Å². The Morgan fingerprint density at radius 3 is 2.93 bits per heavy atom. The zero-order valence-electron chi connectivity index (χ0n) is 9.32. The second-order valence-electron chi connectivity index (χ2n) is 4.16. The quantitative estimate of drug-likeness (QED) is 0.605. The van der Waals surface area contributed by atoms with Gasteiger partial charge in [-0.2, -0.15) is 0 Å². The number of amides is 1. The van der Waals surface area contributed by atoms with Crippen LogP contribution in [0, 0.1) is 5.92 Å². The first-order valence-electron chi connectivity index (χ1n) is 5.38. The number of methoxy groups -OCH3 is 1. The number of ether oxygens (including phenoxy) is 1. The van der Waals surface area contributed by atoms with Crippen molar-refractivity contribution in [2.24, 2.45) is 17.4 Å². The van der Waals surface area contributed by atoms with Gasteiger partial charge in [0.25, 0.3) is 0 Å². The van der Waals surface area contributed by atoms with Gasteiger partial charge in [-0.15, -0.1) is 0 Å². The normalized spacial score (nSPS) is 24.3. The molecule has 4 N–H and O–H groups in total. The molecule has 88 valence electrons. The Morgan fingerprint density at radius 2 is 2.40 bits per heavy atom. The average Bonchev–Trinajstić information content (AvgIpc) is 2.63. The van der Waals surface area contributed by atoms with Gasteiger partial charge in [-0.05, 0) is 18.9 Å². The molecule has 0 aromatic heterocycles. The van der Waals surface area contributed by atoms with E-state index in [0.29, 0.717) is 18.9 Å². The molecule has 5 nitrogen and oxygen atoms in total. The fourth-order valence-corrected chi connectivity index (χ4v) is 2.16. The van der Waals surface area contributed by atoms with Crippen LogP contribution < -0.4 is 11.5 Å². The number of rotatable bonds is 6. The van der Waals surface area contributed by atoms with E-state index in [9.17, 15) is 4.79 Å². The number of primary amides is 1. The highest BCUT2D eigenvalue weighted by Crippen LogP contribution is 2.19. The smallest absolute Gasteiger partial charge is 0.219 e. The molecule has 1 heterocycles. The number of hydrogen-bond donors (Lipinski definition) is 2. The van der Waals surface area contributed by atoms with Gasteiger partial charge in [-0.25, -0.2) is 0 Å². The second kappa shape index (κ2) is 6.05. The monoisotopic (exact) mass is 215 g/mol. The Bertz CT molecular complexity index is 211. The lowest BCUT2D eigenvalue weighted by molar-refractivity contribution is -0.119. The molecule has 0 radical (unpaired) electrons. The minimum atomic E-state index is -0.277. The van der Waals surface area contributed by atoms with E-state index in [1.807, 2.05) is 0 Å². The number of carbonyl (C=O) groups is 1. The minimum absolute atomic E-state index is 0.101. The summed E-state index contributed by atoms with van der Waals surface area (Å²) in [5, 5.41) is 0. The first kappa shape index (κ1) is 12.4. The van der Waals surface area contributed by atoms with E-state index >= 15 is 0 Å². The molecule has 0 spiro atoms. The molecule has 2 atom stereocenters. The van der Waals surface area contributed by atoms with E-state index in [1.165, 1.54) is 0 Å². The molecule has 0 aromatic carbocycles. The Morgan fingerprint density at radius 1 is 1.67 bits per heavy atom. The first-order chi connectivity index (χ1) is 7.17. The summed E-state index contributed by atoms with van der Waals surface area (Å²) in [6.45, 7) is 3.22. The zero-order valence-corrected chi connectivity index (χ0v) is 9.32. The number of carbonyl (C=O) groups excluding carboxylic acids is 1. The van der Waals surface area contributed by atoms with Crippen molar-refractivity contribution in [3.63, 3.8) is 0 Å². The summed E-state index contributed by atoms with van der Waals surface area (Å²) < 4.78 is 5.12. The predicted molar refractivity (Wildman–Crippen MR) is 58.2 cm³/mol. The highest BCUT2D eigenvalue weighted by atomic mass is 16.5. The highest BCUT2D eigenvalue weighted by molar-refractivity contribution is 5.74. The van der Waals surface area contributed by atoms with Crippen molar-refractivity contribution in [1.29, 1.82) is 0 Å². The highest BCUT2D eigenvalue weighted by Gasteiger charge is 2.28. The molecule has 1 rings (SSSR count). The molecule has 1 amide bonds. The maximum atomic E-state index is 10.8. The molecule has 2 unspecified atom stereocenters. The van der Waals surface area contributed by atoms with Crippen LogP contribution in [0.25, 0.3) is 0 Å². The van der Waals surface area contributed by atoms with Crippen LogP contribution in [0.5, 0.6) is 0 Å². The molecule has 15 heavy (non-hydrogen) atoms. The Hall–Kier alpha value is -0.650. The van der Waals surface area contributed by atoms with Crippen LogP contribution in [-0.2, 0) is 9.53 Å². The van der Waals surface area contributed by atoms with Gasteiger partial charge in [-0.1, -0.05) is 0 Å². The van der Waals surface area contributed by atoms with Crippen LogP contribution >= 0.6 is 0 Å². The van der Waals surface area contributed by atoms with E-state index in [1.54, 1.807) is 7.11 Å². The molecule has 1 aliphatic heterocycles. The lowest BCUT2D eigenvalue weighted by atomic mass is 10.1. The van der Waals surface area contributed by atoms with E-state index in [0.717, 1.165) is 26.1 Å². The van der Waals surface area contributed by atoms with Crippen molar-refractivity contribution >= 4 is 5.91 Å². The minimum Gasteiger partial charge on any atom is -0.384 e. The van der Waals surface area contributed by atoms with Gasteiger partial charge in [0.2, 0.25) is 5.91 Å². The molecular formula is C10H21N3O2. The fraction of sp³-hybridized carbons (Fsp3) is 0.900. The maximum Gasteiger partial charge on any atom is 0.219 e. The predicted octanol–water partition coefficient (Wildman–Crippen LogP) is -0.843. The van der Waals surface area contributed by atoms with Crippen LogP contribution in [0.3, 0.4) is 0 Å². The number of hydrogen-bond acceptors (Lipinski definition) is 4. The Labute approximate surface area is 90.7 Å². The fourth-order valence-electron chi connectivity index (χ4n) is 2.16. The molecule has 1 saturated heterocycles. The topological polar surface area (TPSA) is 81.6 Å². The van der Waals surface area contributed by atoms with Crippen LogP contribution in [0.15, 0.2) is 0 Å². The summed E-state index contributed by atoms with van der Waals surface area (Å²) in [6, 6.07) is 0.101. The third-order valence-electron chi connectivity index (χ3n) is 2.94. The number of nitrogens with two attached hydrogens (primary N) is 2. The van der Waals surface area contributed by atoms with Gasteiger partial charge >= 0.3 is 0 Å². The van der Waals surface area contributed by atoms with E-state index in [4.69, 9.17) is 16.2 Å². The van der Waals surface area contributed by atoms with Gasteiger partial charge in [-0.3, -0.25) is 9.69 Å². The third kappa shape index (κ3) is 3.77. The van der Waals surface area contributed by atoms with E-state index in [-0.39, 0.29) is 11.9 Å². The van der Waals surface area contributed by atoms with Crippen molar-refractivity contribution < 1.29 is 9.53 Å². The van der Waals surface area contributed by atoms with Crippen molar-refractivity contribution in [2.75, 3.05) is 33.4 Å². The van der Waals surface area contributed by atoms with Crippen molar-refractivity contribution in [3.8, 4) is 0 Å². The zero-order chi connectivity index (χ0) is 11.3. The maximum absolute atomic E-state index is 10.8. The largest absolute Gasteiger partial charge is 0.384 e. The molecule has 0 aromatic rings. The van der Waals surface area contributed by atoms with Crippen LogP contribution in [0.2, 0.25) is 0 Å². The summed E-state index contributed by atoms with van der Waals surface area (Å²) in [7, 11) is 1.71. The van der Waals surface area contributed by atoms with Crippen LogP contribution in [0.1, 0.15) is 12.8 Å².